The van der Waals surface area contributed by atoms with Crippen molar-refractivity contribution < 1.29 is 23.9 Å². The summed E-state index contributed by atoms with van der Waals surface area (Å²) in [4.78, 5) is 37.9. The molecular formula is C19H16ClNO5. The van der Waals surface area contributed by atoms with Crippen molar-refractivity contribution in [1.82, 2.24) is 4.90 Å². The quantitative estimate of drug-likeness (QED) is 0.748. The van der Waals surface area contributed by atoms with Gasteiger partial charge in [-0.1, -0.05) is 48.0 Å². The van der Waals surface area contributed by atoms with Crippen molar-refractivity contribution in [3.8, 4) is 0 Å². The van der Waals surface area contributed by atoms with Crippen molar-refractivity contribution in [1.29, 1.82) is 0 Å². The van der Waals surface area contributed by atoms with E-state index in [1.54, 1.807) is 12.1 Å². The van der Waals surface area contributed by atoms with Crippen molar-refractivity contribution in [2.75, 3.05) is 6.61 Å². The number of hydrogen-bond donors (Lipinski definition) is 0. The molecule has 134 valence electrons. The fraction of sp³-hybridized carbons (Fsp3) is 0.211. The number of carbonyl (C=O) groups is 3. The molecule has 26 heavy (non-hydrogen) atoms. The Morgan fingerprint density at radius 3 is 2.58 bits per heavy atom. The Labute approximate surface area is 155 Å². The lowest BCUT2D eigenvalue weighted by Crippen LogP contribution is -2.45. The fourth-order valence-electron chi connectivity index (χ4n) is 2.74. The van der Waals surface area contributed by atoms with E-state index in [2.05, 4.69) is 0 Å². The number of esters is 1. The van der Waals surface area contributed by atoms with Crippen molar-refractivity contribution in [3.63, 3.8) is 0 Å². The van der Waals surface area contributed by atoms with E-state index in [1.165, 1.54) is 19.1 Å². The van der Waals surface area contributed by atoms with Crippen LogP contribution in [0.15, 0.2) is 54.6 Å². The van der Waals surface area contributed by atoms with Crippen LogP contribution in [0.4, 0.5) is 4.79 Å². The van der Waals surface area contributed by atoms with E-state index in [4.69, 9.17) is 21.1 Å². The molecule has 0 radical (unpaired) electrons. The van der Waals surface area contributed by atoms with Gasteiger partial charge in [0.2, 0.25) is 6.23 Å². The van der Waals surface area contributed by atoms with E-state index < -0.39 is 30.1 Å². The summed E-state index contributed by atoms with van der Waals surface area (Å²) in [5.74, 6) is -1.24. The van der Waals surface area contributed by atoms with Crippen LogP contribution in [0.5, 0.6) is 0 Å². The van der Waals surface area contributed by atoms with Crippen LogP contribution >= 0.6 is 11.6 Å². The van der Waals surface area contributed by atoms with E-state index in [0.29, 0.717) is 5.02 Å². The van der Waals surface area contributed by atoms with Crippen LogP contribution in [0.25, 0.3) is 0 Å². The molecule has 1 aliphatic rings. The molecule has 1 amide bonds. The second kappa shape index (κ2) is 7.58. The van der Waals surface area contributed by atoms with Crippen LogP contribution in [0.3, 0.4) is 0 Å². The molecule has 6 nitrogen and oxygen atoms in total. The van der Waals surface area contributed by atoms with Gasteiger partial charge in [-0.3, -0.25) is 9.69 Å². The summed E-state index contributed by atoms with van der Waals surface area (Å²) < 4.78 is 10.4. The number of hydrogen-bond acceptors (Lipinski definition) is 5. The van der Waals surface area contributed by atoms with Gasteiger partial charge in [-0.2, -0.15) is 0 Å². The molecule has 0 aromatic heterocycles. The van der Waals surface area contributed by atoms with Crippen LogP contribution in [-0.4, -0.2) is 35.6 Å². The van der Waals surface area contributed by atoms with E-state index in [1.807, 2.05) is 30.3 Å². The molecule has 0 aliphatic carbocycles. The Bertz CT molecular complexity index is 839. The zero-order valence-electron chi connectivity index (χ0n) is 13.9. The van der Waals surface area contributed by atoms with Crippen molar-refractivity contribution in [2.45, 2.75) is 19.2 Å². The molecular weight excluding hydrogens is 358 g/mol. The van der Waals surface area contributed by atoms with Crippen molar-refractivity contribution in [3.05, 3.63) is 70.7 Å². The van der Waals surface area contributed by atoms with E-state index in [-0.39, 0.29) is 12.2 Å². The first-order chi connectivity index (χ1) is 12.5. The fourth-order valence-corrected chi connectivity index (χ4v) is 2.93. The third kappa shape index (κ3) is 3.70. The Morgan fingerprint density at radius 2 is 1.92 bits per heavy atom. The van der Waals surface area contributed by atoms with Gasteiger partial charge >= 0.3 is 12.1 Å². The van der Waals surface area contributed by atoms with E-state index >= 15 is 0 Å². The lowest BCUT2D eigenvalue weighted by Gasteiger charge is -2.28. The third-order valence-electron chi connectivity index (χ3n) is 3.98. The Morgan fingerprint density at radius 1 is 1.19 bits per heavy atom. The molecule has 2 atom stereocenters. The highest BCUT2D eigenvalue weighted by Crippen LogP contribution is 2.30. The standard InChI is InChI=1S/C19H16ClNO5/c1-12(22)17(26-18(23)14-8-5-9-15(20)10-14)21-16(11-25-19(21)24)13-6-3-2-4-7-13/h2-10,16-17H,11H2,1H3/t16-,17+/m0/s1. The number of rotatable bonds is 5. The van der Waals surface area contributed by atoms with Crippen LogP contribution in [0, 0.1) is 0 Å². The SMILES string of the molecule is CC(=O)[C@@H](OC(=O)c1cccc(Cl)c1)N1C(=O)OC[C@H]1c1ccccc1. The lowest BCUT2D eigenvalue weighted by atomic mass is 10.1. The topological polar surface area (TPSA) is 72.9 Å². The molecule has 0 bridgehead atoms. The number of Topliss-reactive ketones (excluding diaryl/α,β-unsaturated/α-hetero) is 1. The van der Waals surface area contributed by atoms with Gasteiger partial charge in [-0.25, -0.2) is 9.59 Å². The minimum absolute atomic E-state index is 0.0708. The lowest BCUT2D eigenvalue weighted by molar-refractivity contribution is -0.134. The minimum Gasteiger partial charge on any atom is -0.447 e. The summed E-state index contributed by atoms with van der Waals surface area (Å²) >= 11 is 5.88. The number of amides is 1. The molecule has 0 spiro atoms. The number of carbonyl (C=O) groups excluding carboxylic acids is 3. The molecule has 3 rings (SSSR count). The monoisotopic (exact) mass is 373 g/mol. The van der Waals surface area contributed by atoms with Gasteiger partial charge in [-0.15, -0.1) is 0 Å². The highest BCUT2D eigenvalue weighted by atomic mass is 35.5. The third-order valence-corrected chi connectivity index (χ3v) is 4.21. The summed E-state index contributed by atoms with van der Waals surface area (Å²) in [7, 11) is 0. The van der Waals surface area contributed by atoms with Gasteiger partial charge in [0.15, 0.2) is 5.78 Å². The molecule has 1 aliphatic heterocycles. The van der Waals surface area contributed by atoms with Crippen LogP contribution in [0.1, 0.15) is 28.9 Å². The zero-order valence-corrected chi connectivity index (χ0v) is 14.7. The molecule has 0 unspecified atom stereocenters. The number of halogens is 1. The predicted octanol–water partition coefficient (Wildman–Crippen LogP) is 3.61. The van der Waals surface area contributed by atoms with E-state index in [0.717, 1.165) is 10.5 Å². The average molecular weight is 374 g/mol. The molecule has 7 heteroatoms. The van der Waals surface area contributed by atoms with E-state index in [9.17, 15) is 14.4 Å². The summed E-state index contributed by atoms with van der Waals surface area (Å²) in [6.07, 6.45) is -2.10. The normalized spacial score (nSPS) is 17.5. The number of cyclic esters (lactones) is 1. The molecule has 0 saturated carbocycles. The van der Waals surface area contributed by atoms with Crippen molar-refractivity contribution >= 4 is 29.4 Å². The Balaban J connectivity index is 1.87. The highest BCUT2D eigenvalue weighted by molar-refractivity contribution is 6.30. The van der Waals surface area contributed by atoms with Gasteiger partial charge in [-0.05, 0) is 23.8 Å². The largest absolute Gasteiger partial charge is 0.447 e. The molecule has 2 aromatic carbocycles. The first kappa shape index (κ1) is 17.9. The molecule has 0 N–H and O–H groups in total. The van der Waals surface area contributed by atoms with Crippen LogP contribution < -0.4 is 0 Å². The Kier molecular flexibility index (Phi) is 5.23. The summed E-state index contributed by atoms with van der Waals surface area (Å²) in [6.45, 7) is 1.32. The smallest absolute Gasteiger partial charge is 0.413 e. The maximum atomic E-state index is 12.4. The molecule has 1 fully saturated rings. The zero-order chi connectivity index (χ0) is 18.7. The Hall–Kier alpha value is -2.86. The number of ketones is 1. The number of benzene rings is 2. The molecule has 2 aromatic rings. The average Bonchev–Trinajstić information content (AvgIpc) is 3.01. The first-order valence-electron chi connectivity index (χ1n) is 7.94. The van der Waals surface area contributed by atoms with Gasteiger partial charge in [0.25, 0.3) is 0 Å². The maximum absolute atomic E-state index is 12.4. The van der Waals surface area contributed by atoms with Crippen LogP contribution in [-0.2, 0) is 14.3 Å². The number of nitrogens with zero attached hydrogens (tertiary/aromatic N) is 1. The highest BCUT2D eigenvalue weighted by Gasteiger charge is 2.43. The summed E-state index contributed by atoms with van der Waals surface area (Å²) in [5.41, 5.74) is 0.968. The first-order valence-corrected chi connectivity index (χ1v) is 8.32. The van der Waals surface area contributed by atoms with Crippen molar-refractivity contribution in [2.24, 2.45) is 0 Å². The van der Waals surface area contributed by atoms with Gasteiger partial charge in [0.05, 0.1) is 11.6 Å². The molecule has 1 heterocycles. The van der Waals surface area contributed by atoms with Crippen LogP contribution in [0.2, 0.25) is 5.02 Å². The van der Waals surface area contributed by atoms with Gasteiger partial charge in [0.1, 0.15) is 6.61 Å². The molecule has 1 saturated heterocycles. The summed E-state index contributed by atoms with van der Waals surface area (Å²) in [6, 6.07) is 14.7. The second-order valence-electron chi connectivity index (χ2n) is 5.79. The maximum Gasteiger partial charge on any atom is 0.413 e. The summed E-state index contributed by atoms with van der Waals surface area (Å²) in [5, 5.41) is 0.363. The van der Waals surface area contributed by atoms with Gasteiger partial charge < -0.3 is 9.47 Å². The van der Waals surface area contributed by atoms with Gasteiger partial charge in [0, 0.05) is 11.9 Å². The number of ether oxygens (including phenoxy) is 2. The second-order valence-corrected chi connectivity index (χ2v) is 6.23. The predicted molar refractivity (Wildman–Crippen MR) is 93.7 cm³/mol. The minimum atomic E-state index is -1.39.